The second-order valence-electron chi connectivity index (χ2n) is 7.58. The molecule has 0 aromatic heterocycles. The largest absolute Gasteiger partial charge is 0.396 e. The van der Waals surface area contributed by atoms with Crippen LogP contribution in [0.1, 0.15) is 51.5 Å². The fraction of sp³-hybridized carbons (Fsp3) is 0.684. The first-order valence-electron chi connectivity index (χ1n) is 8.39. The molecule has 0 aliphatic carbocycles. The van der Waals surface area contributed by atoms with Gasteiger partial charge < -0.3 is 10.0 Å². The van der Waals surface area contributed by atoms with E-state index in [0.717, 1.165) is 12.5 Å². The Balaban J connectivity index is 1.93. The van der Waals surface area contributed by atoms with Crippen molar-refractivity contribution in [2.75, 3.05) is 26.2 Å². The quantitative estimate of drug-likeness (QED) is 0.908. The van der Waals surface area contributed by atoms with E-state index in [1.165, 1.54) is 37.9 Å². The maximum atomic E-state index is 9.74. The van der Waals surface area contributed by atoms with Crippen molar-refractivity contribution in [3.63, 3.8) is 0 Å². The topological polar surface area (TPSA) is 23.5 Å². The van der Waals surface area contributed by atoms with Gasteiger partial charge in [0.25, 0.3) is 0 Å². The molecule has 2 nitrogen and oxygen atoms in total. The van der Waals surface area contributed by atoms with E-state index in [1.807, 2.05) is 6.07 Å². The number of rotatable bonds is 4. The van der Waals surface area contributed by atoms with Gasteiger partial charge in [-0.2, -0.15) is 0 Å². The highest BCUT2D eigenvalue weighted by Gasteiger charge is 2.27. The van der Waals surface area contributed by atoms with Gasteiger partial charge in [-0.3, -0.25) is 0 Å². The molecule has 0 bridgehead atoms. The van der Waals surface area contributed by atoms with Gasteiger partial charge in [-0.25, -0.2) is 0 Å². The predicted octanol–water partition coefficient (Wildman–Crippen LogP) is 3.91. The van der Waals surface area contributed by atoms with E-state index in [4.69, 9.17) is 0 Å². The highest BCUT2D eigenvalue weighted by atomic mass is 16.3. The van der Waals surface area contributed by atoms with Crippen LogP contribution in [0.3, 0.4) is 0 Å². The summed E-state index contributed by atoms with van der Waals surface area (Å²) in [5.41, 5.74) is 1.68. The van der Waals surface area contributed by atoms with Crippen LogP contribution in [0.4, 0.5) is 0 Å². The lowest BCUT2D eigenvalue weighted by atomic mass is 9.77. The van der Waals surface area contributed by atoms with Gasteiger partial charge in [0, 0.05) is 12.5 Å². The molecule has 1 aromatic rings. The van der Waals surface area contributed by atoms with Gasteiger partial charge >= 0.3 is 0 Å². The number of aliphatic hydroxyl groups is 1. The van der Waals surface area contributed by atoms with Crippen LogP contribution in [-0.2, 0) is 0 Å². The monoisotopic (exact) mass is 289 g/mol. The van der Waals surface area contributed by atoms with Crippen molar-refractivity contribution in [1.82, 2.24) is 4.90 Å². The Bertz CT molecular complexity index is 409. The number of hydrogen-bond donors (Lipinski definition) is 1. The Kier molecular flexibility index (Phi) is 5.83. The van der Waals surface area contributed by atoms with Crippen LogP contribution in [0, 0.1) is 11.3 Å². The summed E-state index contributed by atoms with van der Waals surface area (Å²) in [4.78, 5) is 2.56. The molecular formula is C19H31NO. The van der Waals surface area contributed by atoms with Crippen LogP contribution in [0.2, 0.25) is 0 Å². The van der Waals surface area contributed by atoms with E-state index < -0.39 is 0 Å². The lowest BCUT2D eigenvalue weighted by molar-refractivity contribution is 0.188. The summed E-state index contributed by atoms with van der Waals surface area (Å²) >= 11 is 0. The SMILES string of the molecule is CC(C)(C)[C@@H]1CCCN(C[C@H](CO)c2ccccc2)CC1. The molecule has 1 aliphatic rings. The van der Waals surface area contributed by atoms with Crippen molar-refractivity contribution in [2.24, 2.45) is 11.3 Å². The van der Waals surface area contributed by atoms with E-state index in [0.29, 0.717) is 5.41 Å². The molecule has 2 rings (SSSR count). The lowest BCUT2D eigenvalue weighted by Gasteiger charge is -2.30. The minimum atomic E-state index is 0.239. The molecule has 1 aliphatic heterocycles. The summed E-state index contributed by atoms with van der Waals surface area (Å²) in [6, 6.07) is 10.4. The van der Waals surface area contributed by atoms with Crippen LogP contribution >= 0.6 is 0 Å². The van der Waals surface area contributed by atoms with Crippen molar-refractivity contribution in [2.45, 2.75) is 46.0 Å². The number of aliphatic hydroxyl groups excluding tert-OH is 1. The molecule has 21 heavy (non-hydrogen) atoms. The zero-order valence-corrected chi connectivity index (χ0v) is 13.9. The molecule has 1 heterocycles. The number of nitrogens with zero attached hydrogens (tertiary/aromatic N) is 1. The maximum Gasteiger partial charge on any atom is 0.0512 e. The van der Waals surface area contributed by atoms with Gasteiger partial charge in [-0.1, -0.05) is 51.1 Å². The molecule has 1 aromatic carbocycles. The van der Waals surface area contributed by atoms with Gasteiger partial charge in [0.15, 0.2) is 0 Å². The van der Waals surface area contributed by atoms with E-state index >= 15 is 0 Å². The van der Waals surface area contributed by atoms with Crippen LogP contribution in [-0.4, -0.2) is 36.2 Å². The second kappa shape index (κ2) is 7.42. The third-order valence-electron chi connectivity index (χ3n) is 5.02. The molecule has 2 atom stereocenters. The van der Waals surface area contributed by atoms with Gasteiger partial charge in [-0.15, -0.1) is 0 Å². The van der Waals surface area contributed by atoms with Crippen LogP contribution in [0.15, 0.2) is 30.3 Å². The van der Waals surface area contributed by atoms with Crippen LogP contribution < -0.4 is 0 Å². The average molecular weight is 289 g/mol. The Morgan fingerprint density at radius 3 is 2.48 bits per heavy atom. The Hall–Kier alpha value is -0.860. The molecule has 118 valence electrons. The van der Waals surface area contributed by atoms with Crippen molar-refractivity contribution in [1.29, 1.82) is 0 Å². The van der Waals surface area contributed by atoms with Crippen molar-refractivity contribution in [3.05, 3.63) is 35.9 Å². The first-order valence-corrected chi connectivity index (χ1v) is 8.39. The molecule has 1 N–H and O–H groups in total. The number of likely N-dealkylation sites (tertiary alicyclic amines) is 1. The van der Waals surface area contributed by atoms with Gasteiger partial charge in [0.05, 0.1) is 6.61 Å². The van der Waals surface area contributed by atoms with Crippen molar-refractivity contribution < 1.29 is 5.11 Å². The minimum absolute atomic E-state index is 0.239. The normalized spacial score (nSPS) is 22.8. The third kappa shape index (κ3) is 4.82. The zero-order valence-electron chi connectivity index (χ0n) is 13.9. The summed E-state index contributed by atoms with van der Waals surface area (Å²) in [6.07, 6.45) is 3.92. The fourth-order valence-electron chi connectivity index (χ4n) is 3.51. The smallest absolute Gasteiger partial charge is 0.0512 e. The first kappa shape index (κ1) is 16.5. The van der Waals surface area contributed by atoms with E-state index in [-0.39, 0.29) is 12.5 Å². The second-order valence-corrected chi connectivity index (χ2v) is 7.58. The highest BCUT2D eigenvalue weighted by Crippen LogP contribution is 2.34. The van der Waals surface area contributed by atoms with E-state index in [1.54, 1.807) is 0 Å². The molecule has 2 heteroatoms. The molecule has 1 fully saturated rings. The van der Waals surface area contributed by atoms with Crippen LogP contribution in [0.5, 0.6) is 0 Å². The van der Waals surface area contributed by atoms with Gasteiger partial charge in [0.1, 0.15) is 0 Å². The number of benzene rings is 1. The zero-order chi connectivity index (χ0) is 15.3. The predicted molar refractivity (Wildman–Crippen MR) is 89.5 cm³/mol. The van der Waals surface area contributed by atoms with E-state index in [9.17, 15) is 5.11 Å². The molecule has 0 unspecified atom stereocenters. The minimum Gasteiger partial charge on any atom is -0.396 e. The molecule has 0 radical (unpaired) electrons. The number of hydrogen-bond acceptors (Lipinski definition) is 2. The molecule has 0 amide bonds. The lowest BCUT2D eigenvalue weighted by Crippen LogP contribution is -2.31. The van der Waals surface area contributed by atoms with Crippen molar-refractivity contribution in [3.8, 4) is 0 Å². The third-order valence-corrected chi connectivity index (χ3v) is 5.02. The van der Waals surface area contributed by atoms with Crippen LogP contribution in [0.25, 0.3) is 0 Å². The molecule has 0 spiro atoms. The standard InChI is InChI=1S/C19H31NO/c1-19(2,3)18-10-7-12-20(13-11-18)14-17(15-21)16-8-5-4-6-9-16/h4-6,8-9,17-18,21H,7,10-15H2,1-3H3/t17-,18-/m1/s1. The molecule has 1 saturated heterocycles. The Morgan fingerprint density at radius 1 is 1.14 bits per heavy atom. The summed E-state index contributed by atoms with van der Waals surface area (Å²) in [7, 11) is 0. The Labute approximate surface area is 130 Å². The Morgan fingerprint density at radius 2 is 1.86 bits per heavy atom. The molecule has 0 saturated carbocycles. The van der Waals surface area contributed by atoms with Gasteiger partial charge in [0.2, 0.25) is 0 Å². The summed E-state index contributed by atoms with van der Waals surface area (Å²) in [5, 5.41) is 9.74. The maximum absolute atomic E-state index is 9.74. The summed E-state index contributed by atoms with van der Waals surface area (Å²) < 4.78 is 0. The first-order chi connectivity index (χ1) is 10.0. The molecular weight excluding hydrogens is 258 g/mol. The van der Waals surface area contributed by atoms with E-state index in [2.05, 4.69) is 49.9 Å². The fourth-order valence-corrected chi connectivity index (χ4v) is 3.51. The summed E-state index contributed by atoms with van der Waals surface area (Å²) in [6.45, 7) is 10.7. The van der Waals surface area contributed by atoms with Gasteiger partial charge in [-0.05, 0) is 49.2 Å². The highest BCUT2D eigenvalue weighted by molar-refractivity contribution is 5.20. The summed E-state index contributed by atoms with van der Waals surface area (Å²) in [5.74, 6) is 1.07. The van der Waals surface area contributed by atoms with Crippen molar-refractivity contribution >= 4 is 0 Å². The average Bonchev–Trinajstić information content (AvgIpc) is 2.71.